The van der Waals surface area contributed by atoms with E-state index in [9.17, 15) is 4.79 Å². The van der Waals surface area contributed by atoms with Gasteiger partial charge in [0.15, 0.2) is 0 Å². The van der Waals surface area contributed by atoms with Gasteiger partial charge in [0.1, 0.15) is 5.82 Å². The van der Waals surface area contributed by atoms with Gasteiger partial charge in [0.2, 0.25) is 5.88 Å². The van der Waals surface area contributed by atoms with Gasteiger partial charge in [-0.2, -0.15) is 4.98 Å². The number of aromatic nitrogens is 2. The van der Waals surface area contributed by atoms with Crippen LogP contribution in [0.1, 0.15) is 33.3 Å². The van der Waals surface area contributed by atoms with E-state index in [2.05, 4.69) is 32.7 Å². The smallest absolute Gasteiger partial charge is 0.352 e. The Hall–Kier alpha value is -1.52. The Kier molecular flexibility index (Phi) is 4.76. The first-order valence-electron chi connectivity index (χ1n) is 6.31. The number of ether oxygens (including phenoxy) is 1. The summed E-state index contributed by atoms with van der Waals surface area (Å²) in [5, 5.41) is 0. The van der Waals surface area contributed by atoms with Crippen molar-refractivity contribution in [2.45, 2.75) is 34.1 Å². The summed E-state index contributed by atoms with van der Waals surface area (Å²) in [6.45, 7) is 8.87. The van der Waals surface area contributed by atoms with Crippen LogP contribution in [-0.4, -0.2) is 16.2 Å². The van der Waals surface area contributed by atoms with E-state index in [1.165, 1.54) is 4.57 Å². The van der Waals surface area contributed by atoms with Crippen LogP contribution in [0.4, 0.5) is 5.82 Å². The monoisotopic (exact) mass is 253 g/mol. The molecule has 0 aliphatic heterocycles. The van der Waals surface area contributed by atoms with Crippen LogP contribution >= 0.6 is 0 Å². The molecule has 0 saturated carbocycles. The molecule has 102 valence electrons. The summed E-state index contributed by atoms with van der Waals surface area (Å²) in [5.74, 6) is 1.65. The molecular formula is C13H23N3O2. The number of rotatable bonds is 5. The Morgan fingerprint density at radius 2 is 1.89 bits per heavy atom. The molecule has 0 aromatic carbocycles. The summed E-state index contributed by atoms with van der Waals surface area (Å²) >= 11 is 0. The minimum atomic E-state index is -0.376. The first kappa shape index (κ1) is 14.5. The Labute approximate surface area is 108 Å². The van der Waals surface area contributed by atoms with Gasteiger partial charge in [-0.3, -0.25) is 4.57 Å². The number of anilines is 1. The molecule has 1 aromatic rings. The first-order chi connectivity index (χ1) is 8.32. The van der Waals surface area contributed by atoms with Gasteiger partial charge >= 0.3 is 5.69 Å². The Bertz CT molecular complexity index is 464. The van der Waals surface area contributed by atoms with Crippen LogP contribution in [0.25, 0.3) is 0 Å². The quantitative estimate of drug-likeness (QED) is 0.865. The molecule has 0 atom stereocenters. The van der Waals surface area contributed by atoms with Crippen LogP contribution in [0, 0.1) is 11.8 Å². The van der Waals surface area contributed by atoms with Crippen molar-refractivity contribution in [2.75, 3.05) is 12.3 Å². The molecule has 0 unspecified atom stereocenters. The van der Waals surface area contributed by atoms with Crippen molar-refractivity contribution in [1.29, 1.82) is 0 Å². The molecule has 0 aliphatic carbocycles. The lowest BCUT2D eigenvalue weighted by molar-refractivity contribution is 0.246. The highest BCUT2D eigenvalue weighted by molar-refractivity contribution is 5.45. The number of hydrogen-bond donors (Lipinski definition) is 1. The summed E-state index contributed by atoms with van der Waals surface area (Å²) in [6.07, 6.45) is 0.750. The SMILES string of the molecule is CC(C)COc1c(CC(C)C)c(N)nc(=O)n1C. The van der Waals surface area contributed by atoms with Gasteiger partial charge in [-0.05, 0) is 18.3 Å². The molecule has 1 rings (SSSR count). The summed E-state index contributed by atoms with van der Waals surface area (Å²) in [4.78, 5) is 15.5. The topological polar surface area (TPSA) is 70.1 Å². The Morgan fingerprint density at radius 3 is 2.39 bits per heavy atom. The van der Waals surface area contributed by atoms with Gasteiger partial charge in [0.05, 0.1) is 12.2 Å². The van der Waals surface area contributed by atoms with Crippen molar-refractivity contribution in [3.8, 4) is 5.88 Å². The molecule has 0 spiro atoms. The lowest BCUT2D eigenvalue weighted by atomic mass is 10.0. The van der Waals surface area contributed by atoms with E-state index in [1.54, 1.807) is 7.05 Å². The molecule has 18 heavy (non-hydrogen) atoms. The largest absolute Gasteiger partial charge is 0.478 e. The maximum atomic E-state index is 11.6. The molecule has 0 aliphatic rings. The van der Waals surface area contributed by atoms with E-state index in [4.69, 9.17) is 10.5 Å². The second-order valence-corrected chi connectivity index (χ2v) is 5.43. The molecule has 1 aromatic heterocycles. The predicted octanol–water partition coefficient (Wildman–Crippen LogP) is 1.60. The normalized spacial score (nSPS) is 11.3. The van der Waals surface area contributed by atoms with E-state index < -0.39 is 0 Å². The zero-order valence-electron chi connectivity index (χ0n) is 11.9. The Balaban J connectivity index is 3.20. The Morgan fingerprint density at radius 1 is 1.28 bits per heavy atom. The molecule has 0 amide bonds. The third-order valence-corrected chi connectivity index (χ3v) is 2.54. The zero-order chi connectivity index (χ0) is 13.9. The molecule has 5 nitrogen and oxygen atoms in total. The summed E-state index contributed by atoms with van der Waals surface area (Å²) in [6, 6.07) is 0. The minimum Gasteiger partial charge on any atom is -0.478 e. The van der Waals surface area contributed by atoms with Crippen LogP contribution in [0.5, 0.6) is 5.88 Å². The van der Waals surface area contributed by atoms with Crippen LogP contribution in [0.15, 0.2) is 4.79 Å². The van der Waals surface area contributed by atoms with Crippen LogP contribution in [0.2, 0.25) is 0 Å². The van der Waals surface area contributed by atoms with Crippen molar-refractivity contribution < 1.29 is 4.74 Å². The van der Waals surface area contributed by atoms with Gasteiger partial charge in [0.25, 0.3) is 0 Å². The third-order valence-electron chi connectivity index (χ3n) is 2.54. The lowest BCUT2D eigenvalue weighted by Gasteiger charge is -2.18. The molecule has 0 radical (unpaired) electrons. The standard InChI is InChI=1S/C13H23N3O2/c1-8(2)6-10-11(14)15-13(17)16(5)12(10)18-7-9(3)4/h8-9H,6-7H2,1-5H3,(H2,14,15,17). The maximum Gasteiger partial charge on any atom is 0.352 e. The van der Waals surface area contributed by atoms with E-state index in [0.717, 1.165) is 12.0 Å². The molecular weight excluding hydrogens is 230 g/mol. The fourth-order valence-electron chi connectivity index (χ4n) is 1.67. The van der Waals surface area contributed by atoms with Crippen molar-refractivity contribution in [2.24, 2.45) is 18.9 Å². The van der Waals surface area contributed by atoms with E-state index in [1.807, 2.05) is 0 Å². The van der Waals surface area contributed by atoms with E-state index in [-0.39, 0.29) is 11.5 Å². The molecule has 0 bridgehead atoms. The fourth-order valence-corrected chi connectivity index (χ4v) is 1.67. The van der Waals surface area contributed by atoms with Crippen molar-refractivity contribution >= 4 is 5.82 Å². The first-order valence-corrected chi connectivity index (χ1v) is 6.31. The van der Waals surface area contributed by atoms with E-state index >= 15 is 0 Å². The molecule has 5 heteroatoms. The highest BCUT2D eigenvalue weighted by Crippen LogP contribution is 2.24. The van der Waals surface area contributed by atoms with Crippen molar-refractivity contribution in [1.82, 2.24) is 9.55 Å². The van der Waals surface area contributed by atoms with Crippen LogP contribution in [-0.2, 0) is 13.5 Å². The summed E-state index contributed by atoms with van der Waals surface area (Å²) < 4.78 is 7.16. The van der Waals surface area contributed by atoms with Gasteiger partial charge in [-0.1, -0.05) is 27.7 Å². The van der Waals surface area contributed by atoms with Gasteiger partial charge in [-0.15, -0.1) is 0 Å². The highest BCUT2D eigenvalue weighted by atomic mass is 16.5. The van der Waals surface area contributed by atoms with Crippen LogP contribution in [0.3, 0.4) is 0 Å². The maximum absolute atomic E-state index is 11.6. The van der Waals surface area contributed by atoms with Gasteiger partial charge < -0.3 is 10.5 Å². The fraction of sp³-hybridized carbons (Fsp3) is 0.692. The number of nitrogens with zero attached hydrogens (tertiary/aromatic N) is 2. The summed E-state index contributed by atoms with van der Waals surface area (Å²) in [5.41, 5.74) is 6.29. The molecule has 2 N–H and O–H groups in total. The van der Waals surface area contributed by atoms with Crippen molar-refractivity contribution in [3.05, 3.63) is 16.0 Å². The zero-order valence-corrected chi connectivity index (χ0v) is 11.9. The van der Waals surface area contributed by atoms with Gasteiger partial charge in [-0.25, -0.2) is 4.79 Å². The second kappa shape index (κ2) is 5.89. The molecule has 0 saturated heterocycles. The van der Waals surface area contributed by atoms with Crippen molar-refractivity contribution in [3.63, 3.8) is 0 Å². The van der Waals surface area contributed by atoms with E-state index in [0.29, 0.717) is 24.3 Å². The average molecular weight is 253 g/mol. The molecule has 1 heterocycles. The average Bonchev–Trinajstić information content (AvgIpc) is 2.24. The number of nitrogen functional groups attached to an aromatic ring is 1. The third kappa shape index (κ3) is 3.48. The highest BCUT2D eigenvalue weighted by Gasteiger charge is 2.16. The van der Waals surface area contributed by atoms with Crippen LogP contribution < -0.4 is 16.2 Å². The summed E-state index contributed by atoms with van der Waals surface area (Å²) in [7, 11) is 1.66. The lowest BCUT2D eigenvalue weighted by Crippen LogP contribution is -2.26. The molecule has 0 fully saturated rings. The minimum absolute atomic E-state index is 0.283. The second-order valence-electron chi connectivity index (χ2n) is 5.43. The number of hydrogen-bond acceptors (Lipinski definition) is 4. The van der Waals surface area contributed by atoms with Gasteiger partial charge in [0, 0.05) is 7.05 Å². The predicted molar refractivity (Wildman–Crippen MR) is 72.8 cm³/mol. The number of nitrogens with two attached hydrogens (primary N) is 1.